The van der Waals surface area contributed by atoms with Crippen molar-refractivity contribution in [3.05, 3.63) is 59.6 Å². The van der Waals surface area contributed by atoms with Crippen molar-refractivity contribution >= 4 is 38.8 Å². The molecule has 5 nitrogen and oxygen atoms in total. The molecule has 0 bridgehead atoms. The number of hydrogen-bond acceptors (Lipinski definition) is 4. The quantitative estimate of drug-likeness (QED) is 0.431. The van der Waals surface area contributed by atoms with Gasteiger partial charge >= 0.3 is 0 Å². The molecule has 0 atom stereocenters. The summed E-state index contributed by atoms with van der Waals surface area (Å²) in [6.45, 7) is 2.33. The molecule has 0 fully saturated rings. The molecule has 130 valence electrons. The average Bonchev–Trinajstić information content (AvgIpc) is 3.21. The Hall–Kier alpha value is -3.12. The van der Waals surface area contributed by atoms with Gasteiger partial charge in [0.15, 0.2) is 0 Å². The number of nitrogens with zero attached hydrogens (tertiary/aromatic N) is 1. The number of aromatic nitrogens is 1. The molecule has 2 N–H and O–H groups in total. The summed E-state index contributed by atoms with van der Waals surface area (Å²) in [7, 11) is 0. The van der Waals surface area contributed by atoms with Crippen LogP contribution in [0.15, 0.2) is 54.0 Å². The Morgan fingerprint density at radius 3 is 2.58 bits per heavy atom. The first-order valence-electron chi connectivity index (χ1n) is 8.20. The zero-order valence-electron chi connectivity index (χ0n) is 14.1. The van der Waals surface area contributed by atoms with Crippen molar-refractivity contribution < 1.29 is 14.3 Å². The largest absolute Gasteiger partial charge is 0.492 e. The third-order valence-corrected chi connectivity index (χ3v) is 5.25. The van der Waals surface area contributed by atoms with Gasteiger partial charge in [-0.15, -0.1) is 11.3 Å². The zero-order chi connectivity index (χ0) is 18.3. The highest BCUT2D eigenvalue weighted by molar-refractivity contribution is 7.18. The number of nitrogens with two attached hydrogens (primary N) is 1. The third kappa shape index (κ3) is 2.38. The molecule has 0 saturated heterocycles. The van der Waals surface area contributed by atoms with Crippen molar-refractivity contribution in [1.29, 1.82) is 0 Å². The van der Waals surface area contributed by atoms with Crippen molar-refractivity contribution in [2.24, 2.45) is 5.73 Å². The van der Waals surface area contributed by atoms with Crippen LogP contribution in [0.25, 0.3) is 26.9 Å². The van der Waals surface area contributed by atoms with E-state index in [-0.39, 0.29) is 0 Å². The number of carbonyl (C=O) groups is 2. The Bertz CT molecular complexity index is 1140. The topological polar surface area (TPSA) is 73.8 Å². The number of hydrogen-bond donors (Lipinski definition) is 1. The molecular formula is C20H16N2O3S. The Balaban J connectivity index is 2.14. The van der Waals surface area contributed by atoms with Crippen LogP contribution in [0.3, 0.4) is 0 Å². The standard InChI is InChI=1S/C20H16N2O3S/c1-2-25-14-9-6-10-22-16-13(12-7-4-3-5-8-12)11-26-19(16)15(17(14)22)18(23)20(21)24/h3-11H,2H2,1H3,(H2,21,24). The van der Waals surface area contributed by atoms with E-state index in [0.29, 0.717) is 23.4 Å². The summed E-state index contributed by atoms with van der Waals surface area (Å²) >= 11 is 1.43. The predicted molar refractivity (Wildman–Crippen MR) is 103 cm³/mol. The fraction of sp³-hybridized carbons (Fsp3) is 0.100. The first-order valence-corrected chi connectivity index (χ1v) is 9.08. The van der Waals surface area contributed by atoms with Crippen LogP contribution in [0, 0.1) is 0 Å². The highest BCUT2D eigenvalue weighted by Crippen LogP contribution is 2.41. The number of primary amides is 1. The van der Waals surface area contributed by atoms with Gasteiger partial charge in [-0.1, -0.05) is 30.3 Å². The van der Waals surface area contributed by atoms with Crippen LogP contribution in [0.5, 0.6) is 5.75 Å². The highest BCUT2D eigenvalue weighted by atomic mass is 32.1. The molecule has 0 radical (unpaired) electrons. The maximum Gasteiger partial charge on any atom is 0.289 e. The van der Waals surface area contributed by atoms with Crippen molar-refractivity contribution in [3.8, 4) is 16.9 Å². The van der Waals surface area contributed by atoms with Crippen LogP contribution in [-0.2, 0) is 4.79 Å². The third-order valence-electron chi connectivity index (χ3n) is 4.26. The lowest BCUT2D eigenvalue weighted by atomic mass is 10.1. The fourth-order valence-electron chi connectivity index (χ4n) is 3.22. The van der Waals surface area contributed by atoms with Gasteiger partial charge in [-0.2, -0.15) is 0 Å². The van der Waals surface area contributed by atoms with Gasteiger partial charge in [-0.25, -0.2) is 0 Å². The Morgan fingerprint density at radius 2 is 1.88 bits per heavy atom. The first-order chi connectivity index (χ1) is 12.6. The predicted octanol–water partition coefficient (Wildman–Crippen LogP) is 3.89. The molecule has 3 heterocycles. The van der Waals surface area contributed by atoms with Gasteiger partial charge in [0.25, 0.3) is 11.7 Å². The number of benzene rings is 1. The van der Waals surface area contributed by atoms with E-state index in [4.69, 9.17) is 10.5 Å². The number of ketones is 1. The minimum atomic E-state index is -0.972. The monoisotopic (exact) mass is 364 g/mol. The van der Waals surface area contributed by atoms with Crippen LogP contribution in [0.2, 0.25) is 0 Å². The highest BCUT2D eigenvalue weighted by Gasteiger charge is 2.27. The van der Waals surface area contributed by atoms with E-state index in [0.717, 1.165) is 21.3 Å². The number of amides is 1. The number of thiophene rings is 1. The van der Waals surface area contributed by atoms with Gasteiger partial charge in [0.2, 0.25) is 0 Å². The normalized spacial score (nSPS) is 11.1. The summed E-state index contributed by atoms with van der Waals surface area (Å²) in [5.41, 5.74) is 9.12. The van der Waals surface area contributed by atoms with Gasteiger partial charge in [0.1, 0.15) is 11.3 Å². The number of Topliss-reactive ketones (excluding diaryl/α,β-unsaturated/α-hetero) is 1. The minimum Gasteiger partial charge on any atom is -0.492 e. The van der Waals surface area contributed by atoms with E-state index < -0.39 is 11.7 Å². The number of pyridine rings is 1. The lowest BCUT2D eigenvalue weighted by molar-refractivity contribution is -0.114. The van der Waals surface area contributed by atoms with Crippen LogP contribution < -0.4 is 10.5 Å². The molecule has 4 rings (SSSR count). The molecular weight excluding hydrogens is 348 g/mol. The summed E-state index contributed by atoms with van der Waals surface area (Å²) < 4.78 is 8.36. The smallest absolute Gasteiger partial charge is 0.289 e. The molecule has 6 heteroatoms. The summed E-state index contributed by atoms with van der Waals surface area (Å²) in [6.07, 6.45) is 1.87. The number of rotatable bonds is 5. The second-order valence-electron chi connectivity index (χ2n) is 5.79. The molecule has 4 aromatic rings. The second kappa shape index (κ2) is 6.31. The lowest BCUT2D eigenvalue weighted by Gasteiger charge is -2.08. The van der Waals surface area contributed by atoms with Crippen LogP contribution in [0.4, 0.5) is 0 Å². The van der Waals surface area contributed by atoms with Crippen molar-refractivity contribution in [2.45, 2.75) is 6.92 Å². The summed E-state index contributed by atoms with van der Waals surface area (Å²) in [5.74, 6) is -1.12. The Kier molecular flexibility index (Phi) is 3.97. The SMILES string of the molecule is CCOc1cccn2c1c(C(=O)C(N)=O)c1scc(-c3ccccc3)c12. The van der Waals surface area contributed by atoms with Gasteiger partial charge in [-0.05, 0) is 24.6 Å². The molecule has 0 aliphatic carbocycles. The molecule has 1 amide bonds. The van der Waals surface area contributed by atoms with Crippen molar-refractivity contribution in [3.63, 3.8) is 0 Å². The average molecular weight is 364 g/mol. The Morgan fingerprint density at radius 1 is 1.12 bits per heavy atom. The molecule has 1 aromatic carbocycles. The number of ether oxygens (including phenoxy) is 1. The van der Waals surface area contributed by atoms with Crippen LogP contribution >= 0.6 is 11.3 Å². The maximum absolute atomic E-state index is 12.6. The van der Waals surface area contributed by atoms with Gasteiger partial charge in [0.05, 0.1) is 22.4 Å². The molecule has 0 spiro atoms. The second-order valence-corrected chi connectivity index (χ2v) is 6.67. The first kappa shape index (κ1) is 16.4. The molecule has 0 aliphatic heterocycles. The maximum atomic E-state index is 12.6. The van der Waals surface area contributed by atoms with Gasteiger partial charge < -0.3 is 14.9 Å². The lowest BCUT2D eigenvalue weighted by Crippen LogP contribution is -2.23. The zero-order valence-corrected chi connectivity index (χ0v) is 14.9. The number of fused-ring (bicyclic) bond motifs is 3. The van der Waals surface area contributed by atoms with Crippen molar-refractivity contribution in [2.75, 3.05) is 6.61 Å². The number of carbonyl (C=O) groups excluding carboxylic acids is 2. The van der Waals surface area contributed by atoms with E-state index in [9.17, 15) is 9.59 Å². The van der Waals surface area contributed by atoms with E-state index in [1.54, 1.807) is 6.07 Å². The molecule has 0 saturated carbocycles. The van der Waals surface area contributed by atoms with E-state index in [1.807, 2.05) is 59.3 Å². The molecule has 26 heavy (non-hydrogen) atoms. The van der Waals surface area contributed by atoms with Crippen LogP contribution in [0.1, 0.15) is 17.3 Å². The minimum absolute atomic E-state index is 0.309. The molecule has 0 unspecified atom stereocenters. The van der Waals surface area contributed by atoms with Crippen molar-refractivity contribution in [1.82, 2.24) is 4.40 Å². The van der Waals surface area contributed by atoms with E-state index >= 15 is 0 Å². The van der Waals surface area contributed by atoms with Crippen LogP contribution in [-0.4, -0.2) is 22.7 Å². The van der Waals surface area contributed by atoms with Gasteiger partial charge in [-0.3, -0.25) is 9.59 Å². The summed E-state index contributed by atoms with van der Waals surface area (Å²) in [5, 5.41) is 2.00. The fourth-order valence-corrected chi connectivity index (χ4v) is 4.33. The van der Waals surface area contributed by atoms with E-state index in [2.05, 4.69) is 0 Å². The summed E-state index contributed by atoms with van der Waals surface area (Å²) in [4.78, 5) is 24.3. The molecule has 3 aromatic heterocycles. The summed E-state index contributed by atoms with van der Waals surface area (Å²) in [6, 6.07) is 13.6. The van der Waals surface area contributed by atoms with E-state index in [1.165, 1.54) is 11.3 Å². The van der Waals surface area contributed by atoms with Gasteiger partial charge in [0, 0.05) is 17.1 Å². The Labute approximate surface area is 153 Å². The molecule has 0 aliphatic rings.